The molecule has 38 heavy (non-hydrogen) atoms. The lowest BCUT2D eigenvalue weighted by molar-refractivity contribution is -0.120. The molecule has 2 fully saturated rings. The van der Waals surface area contributed by atoms with Gasteiger partial charge in [0, 0.05) is 12.1 Å². The Morgan fingerprint density at radius 2 is 1.58 bits per heavy atom. The van der Waals surface area contributed by atoms with Crippen LogP contribution in [0.25, 0.3) is 11.1 Å². The topological polar surface area (TPSA) is 78.5 Å². The van der Waals surface area contributed by atoms with Crippen LogP contribution in [0.4, 0.5) is 10.5 Å². The number of anilines is 1. The van der Waals surface area contributed by atoms with Gasteiger partial charge < -0.3 is 10.2 Å². The second kappa shape index (κ2) is 10.8. The molecule has 194 valence electrons. The van der Waals surface area contributed by atoms with E-state index in [0.717, 1.165) is 65.6 Å². The summed E-state index contributed by atoms with van der Waals surface area (Å²) in [5.74, 6) is 0.257. The zero-order valence-corrected chi connectivity index (χ0v) is 22.0. The minimum atomic E-state index is -0.425. The van der Waals surface area contributed by atoms with Crippen LogP contribution in [0.3, 0.4) is 0 Å². The number of fused-ring (bicyclic) bond motifs is 1. The van der Waals surface area contributed by atoms with Crippen LogP contribution in [0.1, 0.15) is 42.0 Å². The van der Waals surface area contributed by atoms with Crippen molar-refractivity contribution in [3.8, 4) is 11.1 Å². The Bertz CT molecular complexity index is 1350. The number of hydrogen-bond donors (Lipinski definition) is 2. The number of nitrogens with one attached hydrogen (secondary N) is 2. The maximum absolute atomic E-state index is 13.7. The van der Waals surface area contributed by atoms with E-state index < -0.39 is 5.25 Å². The third-order valence-corrected chi connectivity index (χ3v) is 8.99. The van der Waals surface area contributed by atoms with Crippen molar-refractivity contribution in [2.75, 3.05) is 18.0 Å². The lowest BCUT2D eigenvalue weighted by Gasteiger charge is -2.42. The average Bonchev–Trinajstić information content (AvgIpc) is 3.27. The third-order valence-electron chi connectivity index (χ3n) is 8.01. The van der Waals surface area contributed by atoms with Crippen molar-refractivity contribution in [1.82, 2.24) is 10.6 Å². The first-order valence-electron chi connectivity index (χ1n) is 13.4. The number of rotatable bonds is 6. The van der Waals surface area contributed by atoms with E-state index in [4.69, 9.17) is 0 Å². The molecule has 2 saturated heterocycles. The van der Waals surface area contributed by atoms with Gasteiger partial charge in [0.2, 0.25) is 11.8 Å². The quantitative estimate of drug-likeness (QED) is 0.459. The number of thioether (sulfide) groups is 1. The number of imide groups is 1. The maximum atomic E-state index is 13.7. The second-order valence-corrected chi connectivity index (χ2v) is 11.5. The molecule has 6 rings (SSSR count). The molecule has 3 aromatic carbocycles. The van der Waals surface area contributed by atoms with Crippen LogP contribution in [-0.4, -0.2) is 35.4 Å². The highest BCUT2D eigenvalue weighted by atomic mass is 32.2. The summed E-state index contributed by atoms with van der Waals surface area (Å²) < 4.78 is 0. The van der Waals surface area contributed by atoms with Gasteiger partial charge in [0.1, 0.15) is 0 Å². The van der Waals surface area contributed by atoms with Gasteiger partial charge >= 0.3 is 0 Å². The van der Waals surface area contributed by atoms with Crippen molar-refractivity contribution in [2.45, 2.75) is 43.4 Å². The number of piperidine rings is 1. The Kier molecular flexibility index (Phi) is 7.04. The smallest absolute Gasteiger partial charge is 0.286 e. The van der Waals surface area contributed by atoms with E-state index in [0.29, 0.717) is 25.2 Å². The first kappa shape index (κ1) is 24.9. The summed E-state index contributed by atoms with van der Waals surface area (Å²) in [5, 5.41) is 5.16. The molecule has 0 bridgehead atoms. The molecular weight excluding hydrogens is 494 g/mol. The summed E-state index contributed by atoms with van der Waals surface area (Å²) >= 11 is 1.06. The van der Waals surface area contributed by atoms with Gasteiger partial charge in [0.05, 0.1) is 11.3 Å². The minimum Gasteiger partial charge on any atom is -0.317 e. The molecule has 3 amide bonds. The number of benzene rings is 3. The van der Waals surface area contributed by atoms with Gasteiger partial charge in [0.25, 0.3) is 5.24 Å². The van der Waals surface area contributed by atoms with Crippen LogP contribution in [0.2, 0.25) is 0 Å². The fourth-order valence-corrected chi connectivity index (χ4v) is 6.99. The summed E-state index contributed by atoms with van der Waals surface area (Å²) in [6.45, 7) is 1.89. The molecule has 0 radical (unpaired) electrons. The van der Waals surface area contributed by atoms with Crippen LogP contribution in [0.5, 0.6) is 0 Å². The Balaban J connectivity index is 1.38. The van der Waals surface area contributed by atoms with Gasteiger partial charge in [-0.2, -0.15) is 0 Å². The normalized spacial score (nSPS) is 20.8. The molecule has 0 saturated carbocycles. The fraction of sp³-hybridized carbons (Fsp3) is 0.323. The molecule has 3 heterocycles. The second-order valence-electron chi connectivity index (χ2n) is 10.3. The van der Waals surface area contributed by atoms with Crippen molar-refractivity contribution >= 4 is 34.5 Å². The average molecular weight is 526 g/mol. The van der Waals surface area contributed by atoms with Gasteiger partial charge in [-0.3, -0.25) is 19.7 Å². The molecule has 3 aliphatic heterocycles. The van der Waals surface area contributed by atoms with Crippen molar-refractivity contribution < 1.29 is 14.4 Å². The Labute approximate surface area is 227 Å². The molecule has 2 atom stereocenters. The molecule has 3 aliphatic rings. The van der Waals surface area contributed by atoms with Gasteiger partial charge in [-0.05, 0) is 78.6 Å². The number of nitrogens with zero attached hydrogens (tertiary/aromatic N) is 1. The van der Waals surface area contributed by atoms with Crippen LogP contribution in [-0.2, 0) is 22.4 Å². The summed E-state index contributed by atoms with van der Waals surface area (Å²) in [6.07, 6.45) is 3.59. The molecule has 0 aromatic heterocycles. The number of amides is 3. The molecular formula is C31H31N3O3S. The lowest BCUT2D eigenvalue weighted by Crippen LogP contribution is -2.44. The summed E-state index contributed by atoms with van der Waals surface area (Å²) in [7, 11) is 0. The van der Waals surface area contributed by atoms with Crippen LogP contribution in [0, 0.1) is 5.92 Å². The number of carbonyl (C=O) groups is 3. The van der Waals surface area contributed by atoms with Crippen LogP contribution < -0.4 is 15.5 Å². The Morgan fingerprint density at radius 3 is 2.29 bits per heavy atom. The van der Waals surface area contributed by atoms with Crippen molar-refractivity contribution in [2.24, 2.45) is 5.92 Å². The first-order chi connectivity index (χ1) is 18.6. The molecule has 2 N–H and O–H groups in total. The SMILES string of the molecule is O=C1NC(=O)C(Cc2cccc3c2CCC(=O)N3C(c2ccc(-c3ccccc3)cc2)C2CCNCC2)S1. The lowest BCUT2D eigenvalue weighted by atomic mass is 9.82. The van der Waals surface area contributed by atoms with E-state index in [1.54, 1.807) is 0 Å². The van der Waals surface area contributed by atoms with E-state index >= 15 is 0 Å². The predicted octanol–water partition coefficient (Wildman–Crippen LogP) is 5.27. The van der Waals surface area contributed by atoms with Crippen LogP contribution >= 0.6 is 11.8 Å². The zero-order valence-electron chi connectivity index (χ0n) is 21.2. The van der Waals surface area contributed by atoms with Gasteiger partial charge in [-0.25, -0.2) is 0 Å². The van der Waals surface area contributed by atoms with Gasteiger partial charge in [-0.15, -0.1) is 0 Å². The fourth-order valence-electron chi connectivity index (χ4n) is 6.14. The standard InChI is InChI=1S/C31H31N3O3S/c35-28-14-13-25-24(19-27-30(36)33-31(37)38-27)7-4-8-26(25)34(28)29(23-15-17-32-18-16-23)22-11-9-21(10-12-22)20-5-2-1-3-6-20/h1-12,23,27,29,32H,13-19H2,(H,33,36,37). The van der Waals surface area contributed by atoms with Gasteiger partial charge in [0.15, 0.2) is 0 Å². The van der Waals surface area contributed by atoms with Crippen molar-refractivity contribution in [1.29, 1.82) is 0 Å². The molecule has 2 unspecified atom stereocenters. The van der Waals surface area contributed by atoms with E-state index in [1.807, 2.05) is 35.2 Å². The van der Waals surface area contributed by atoms with Crippen molar-refractivity contribution in [3.63, 3.8) is 0 Å². The Hall–Kier alpha value is -3.42. The highest BCUT2D eigenvalue weighted by molar-refractivity contribution is 8.15. The summed E-state index contributed by atoms with van der Waals surface area (Å²) in [5.41, 5.74) is 6.61. The highest BCUT2D eigenvalue weighted by Gasteiger charge is 2.38. The Morgan fingerprint density at radius 1 is 0.842 bits per heavy atom. The molecule has 7 heteroatoms. The largest absolute Gasteiger partial charge is 0.317 e. The zero-order chi connectivity index (χ0) is 26.1. The van der Waals surface area contributed by atoms with Crippen LogP contribution in [0.15, 0.2) is 72.8 Å². The number of hydrogen-bond acceptors (Lipinski definition) is 5. The van der Waals surface area contributed by atoms with E-state index in [-0.39, 0.29) is 23.1 Å². The summed E-state index contributed by atoms with van der Waals surface area (Å²) in [4.78, 5) is 39.7. The first-order valence-corrected chi connectivity index (χ1v) is 14.3. The molecule has 0 spiro atoms. The molecule has 3 aromatic rings. The monoisotopic (exact) mass is 525 g/mol. The maximum Gasteiger partial charge on any atom is 0.286 e. The molecule has 6 nitrogen and oxygen atoms in total. The van der Waals surface area contributed by atoms with Gasteiger partial charge in [-0.1, -0.05) is 78.5 Å². The van der Waals surface area contributed by atoms with Crippen molar-refractivity contribution in [3.05, 3.63) is 89.5 Å². The molecule has 0 aliphatic carbocycles. The minimum absolute atomic E-state index is 0.0607. The predicted molar refractivity (Wildman–Crippen MR) is 151 cm³/mol. The van der Waals surface area contributed by atoms with E-state index in [2.05, 4.69) is 53.1 Å². The highest BCUT2D eigenvalue weighted by Crippen LogP contribution is 2.43. The van der Waals surface area contributed by atoms with E-state index in [9.17, 15) is 14.4 Å². The third kappa shape index (κ3) is 4.88. The van der Waals surface area contributed by atoms with E-state index in [1.165, 1.54) is 5.56 Å². The number of carbonyl (C=O) groups excluding carboxylic acids is 3. The summed E-state index contributed by atoms with van der Waals surface area (Å²) in [6, 6.07) is 25.1.